The molecule has 0 aliphatic carbocycles. The van der Waals surface area contributed by atoms with Crippen molar-refractivity contribution in [2.75, 3.05) is 6.61 Å². The molecule has 3 N–H and O–H groups in total. The second-order valence-corrected chi connectivity index (χ2v) is 5.44. The van der Waals surface area contributed by atoms with Gasteiger partial charge in [0.1, 0.15) is 6.04 Å². The number of hydrogen-bond donors (Lipinski definition) is 3. The summed E-state index contributed by atoms with van der Waals surface area (Å²) in [5, 5.41) is 19.8. The maximum Gasteiger partial charge on any atom is 0.326 e. The highest BCUT2D eigenvalue weighted by Gasteiger charge is 2.20. The number of amides is 1. The first-order valence-electron chi connectivity index (χ1n) is 4.44. The summed E-state index contributed by atoms with van der Waals surface area (Å²) >= 11 is 4.43. The van der Waals surface area contributed by atoms with Crippen molar-refractivity contribution in [2.45, 2.75) is 12.5 Å². The fourth-order valence-corrected chi connectivity index (χ4v) is 2.34. The third kappa shape index (κ3) is 3.58. The van der Waals surface area contributed by atoms with E-state index in [0.717, 1.165) is 3.79 Å². The Morgan fingerprint density at radius 3 is 2.62 bits per heavy atom. The van der Waals surface area contributed by atoms with Gasteiger partial charge in [-0.3, -0.25) is 4.79 Å². The molecule has 0 aliphatic rings. The van der Waals surface area contributed by atoms with Gasteiger partial charge in [0.05, 0.1) is 8.66 Å². The molecule has 1 unspecified atom stereocenters. The predicted molar refractivity (Wildman–Crippen MR) is 62.6 cm³/mol. The highest BCUT2D eigenvalue weighted by Crippen LogP contribution is 2.21. The van der Waals surface area contributed by atoms with Crippen LogP contribution in [0, 0.1) is 0 Å². The molecule has 1 amide bonds. The Balaban J connectivity index is 2.65. The van der Waals surface area contributed by atoms with Crippen LogP contribution in [0.2, 0.25) is 0 Å². The van der Waals surface area contributed by atoms with Gasteiger partial charge in [-0.25, -0.2) is 4.79 Å². The summed E-state index contributed by atoms with van der Waals surface area (Å²) in [5.74, 6) is -1.60. The molecule has 0 aromatic carbocycles. The van der Waals surface area contributed by atoms with Gasteiger partial charge in [0.2, 0.25) is 0 Å². The standard InChI is InChI=1S/C9H10BrNO4S/c10-7-2-1-6(16-7)8(13)11-5(3-4-12)9(14)15/h1-2,5,12H,3-4H2,(H,11,13)(H,14,15). The van der Waals surface area contributed by atoms with Gasteiger partial charge in [-0.05, 0) is 28.1 Å². The molecule has 1 rings (SSSR count). The molecule has 0 radical (unpaired) electrons. The number of halogens is 1. The van der Waals surface area contributed by atoms with Crippen LogP contribution in [-0.2, 0) is 4.79 Å². The van der Waals surface area contributed by atoms with Crippen molar-refractivity contribution in [3.05, 3.63) is 20.8 Å². The lowest BCUT2D eigenvalue weighted by molar-refractivity contribution is -0.139. The van der Waals surface area contributed by atoms with E-state index in [1.54, 1.807) is 12.1 Å². The lowest BCUT2D eigenvalue weighted by Crippen LogP contribution is -2.41. The Labute approximate surface area is 104 Å². The molecule has 1 aromatic heterocycles. The molecule has 0 saturated carbocycles. The first-order valence-corrected chi connectivity index (χ1v) is 6.05. The van der Waals surface area contributed by atoms with E-state index in [-0.39, 0.29) is 13.0 Å². The molecule has 88 valence electrons. The van der Waals surface area contributed by atoms with Crippen molar-refractivity contribution in [3.8, 4) is 0 Å². The molecule has 0 aliphatic heterocycles. The average Bonchev–Trinajstić information content (AvgIpc) is 2.64. The smallest absolute Gasteiger partial charge is 0.326 e. The molecule has 0 saturated heterocycles. The summed E-state index contributed by atoms with van der Waals surface area (Å²) in [5.41, 5.74) is 0. The first kappa shape index (κ1) is 13.1. The van der Waals surface area contributed by atoms with Crippen LogP contribution >= 0.6 is 27.3 Å². The molecule has 0 bridgehead atoms. The van der Waals surface area contributed by atoms with Gasteiger partial charge >= 0.3 is 5.97 Å². The average molecular weight is 308 g/mol. The van der Waals surface area contributed by atoms with E-state index in [2.05, 4.69) is 21.2 Å². The number of nitrogens with one attached hydrogen (secondary N) is 1. The molecule has 16 heavy (non-hydrogen) atoms. The molecular weight excluding hydrogens is 298 g/mol. The Morgan fingerprint density at radius 2 is 2.19 bits per heavy atom. The van der Waals surface area contributed by atoms with E-state index < -0.39 is 17.9 Å². The molecule has 1 atom stereocenters. The van der Waals surface area contributed by atoms with Gasteiger partial charge < -0.3 is 15.5 Å². The largest absolute Gasteiger partial charge is 0.480 e. The van der Waals surface area contributed by atoms with Crippen molar-refractivity contribution in [3.63, 3.8) is 0 Å². The number of hydrogen-bond acceptors (Lipinski definition) is 4. The van der Waals surface area contributed by atoms with Gasteiger partial charge in [-0.15, -0.1) is 11.3 Å². The van der Waals surface area contributed by atoms with E-state index in [1.807, 2.05) is 0 Å². The zero-order valence-corrected chi connectivity index (χ0v) is 10.5. The normalized spacial score (nSPS) is 12.1. The lowest BCUT2D eigenvalue weighted by Gasteiger charge is -2.11. The molecular formula is C9H10BrNO4S. The van der Waals surface area contributed by atoms with Crippen LogP contribution in [0.3, 0.4) is 0 Å². The molecule has 5 nitrogen and oxygen atoms in total. The summed E-state index contributed by atoms with van der Waals surface area (Å²) in [6, 6.07) is 2.25. The van der Waals surface area contributed by atoms with E-state index in [4.69, 9.17) is 10.2 Å². The topological polar surface area (TPSA) is 86.6 Å². The van der Waals surface area contributed by atoms with Crippen molar-refractivity contribution < 1.29 is 19.8 Å². The zero-order valence-electron chi connectivity index (χ0n) is 8.14. The maximum atomic E-state index is 11.6. The van der Waals surface area contributed by atoms with Gasteiger partial charge in [0.25, 0.3) is 5.91 Å². The van der Waals surface area contributed by atoms with Gasteiger partial charge in [0, 0.05) is 13.0 Å². The summed E-state index contributed by atoms with van der Waals surface area (Å²) in [6.45, 7) is -0.286. The minimum atomic E-state index is -1.15. The third-order valence-corrected chi connectivity index (χ3v) is 3.44. The lowest BCUT2D eigenvalue weighted by atomic mass is 10.2. The van der Waals surface area contributed by atoms with Crippen molar-refractivity contribution in [1.29, 1.82) is 0 Å². The van der Waals surface area contributed by atoms with Crippen molar-refractivity contribution in [1.82, 2.24) is 5.32 Å². The zero-order chi connectivity index (χ0) is 12.1. The Kier molecular flexibility index (Phi) is 4.91. The van der Waals surface area contributed by atoms with Crippen molar-refractivity contribution in [2.24, 2.45) is 0 Å². The highest BCUT2D eigenvalue weighted by atomic mass is 79.9. The predicted octanol–water partition coefficient (Wildman–Crippen LogP) is 1.08. The highest BCUT2D eigenvalue weighted by molar-refractivity contribution is 9.11. The number of aliphatic carboxylic acids is 1. The minimum absolute atomic E-state index is 0.00633. The number of carbonyl (C=O) groups is 2. The van der Waals surface area contributed by atoms with Gasteiger partial charge in [-0.1, -0.05) is 0 Å². The molecule has 0 fully saturated rings. The van der Waals surface area contributed by atoms with E-state index in [0.29, 0.717) is 4.88 Å². The van der Waals surface area contributed by atoms with Crippen LogP contribution in [0.15, 0.2) is 15.9 Å². The number of rotatable bonds is 5. The monoisotopic (exact) mass is 307 g/mol. The number of aliphatic hydroxyl groups is 1. The molecule has 1 heterocycles. The van der Waals surface area contributed by atoms with Crippen molar-refractivity contribution >= 4 is 39.1 Å². The number of carbonyl (C=O) groups excluding carboxylic acids is 1. The maximum absolute atomic E-state index is 11.6. The number of thiophene rings is 1. The van der Waals surface area contributed by atoms with Gasteiger partial charge in [0.15, 0.2) is 0 Å². The first-order chi connectivity index (χ1) is 7.54. The number of aliphatic hydroxyl groups excluding tert-OH is 1. The fraction of sp³-hybridized carbons (Fsp3) is 0.333. The number of carboxylic acid groups (broad SMARTS) is 1. The second-order valence-electron chi connectivity index (χ2n) is 2.98. The van der Waals surface area contributed by atoms with Crippen LogP contribution in [0.5, 0.6) is 0 Å². The van der Waals surface area contributed by atoms with E-state index >= 15 is 0 Å². The molecule has 1 aromatic rings. The van der Waals surface area contributed by atoms with Crippen LogP contribution in [0.25, 0.3) is 0 Å². The van der Waals surface area contributed by atoms with Crippen LogP contribution in [0.4, 0.5) is 0 Å². The second kappa shape index (κ2) is 5.97. The Hall–Kier alpha value is -0.920. The van der Waals surface area contributed by atoms with Gasteiger partial charge in [-0.2, -0.15) is 0 Å². The third-order valence-electron chi connectivity index (χ3n) is 1.82. The fourth-order valence-electron chi connectivity index (χ4n) is 1.05. The van der Waals surface area contributed by atoms with Crippen LogP contribution in [-0.4, -0.2) is 34.7 Å². The van der Waals surface area contributed by atoms with E-state index in [1.165, 1.54) is 11.3 Å². The summed E-state index contributed by atoms with van der Waals surface area (Å²) < 4.78 is 0.798. The SMILES string of the molecule is O=C(NC(CCO)C(=O)O)c1ccc(Br)s1. The quantitative estimate of drug-likeness (QED) is 0.759. The molecule has 0 spiro atoms. The minimum Gasteiger partial charge on any atom is -0.480 e. The summed E-state index contributed by atoms with van der Waals surface area (Å²) in [6.07, 6.45) is -0.00633. The van der Waals surface area contributed by atoms with Crippen LogP contribution < -0.4 is 5.32 Å². The van der Waals surface area contributed by atoms with E-state index in [9.17, 15) is 9.59 Å². The Bertz CT molecular complexity index is 393. The number of carboxylic acids is 1. The van der Waals surface area contributed by atoms with Crippen LogP contribution in [0.1, 0.15) is 16.1 Å². The molecule has 7 heteroatoms. The Morgan fingerprint density at radius 1 is 1.50 bits per heavy atom. The summed E-state index contributed by atoms with van der Waals surface area (Å²) in [4.78, 5) is 22.7. The summed E-state index contributed by atoms with van der Waals surface area (Å²) in [7, 11) is 0.